The van der Waals surface area contributed by atoms with Gasteiger partial charge in [0.15, 0.2) is 17.4 Å². The number of ether oxygens (including phenoxy) is 1. The molecule has 0 saturated heterocycles. The fourth-order valence-electron chi connectivity index (χ4n) is 3.32. The molecule has 2 nitrogen and oxygen atoms in total. The van der Waals surface area contributed by atoms with Gasteiger partial charge in [-0.2, -0.15) is 13.2 Å². The molecule has 0 unspecified atom stereocenters. The molecule has 0 heterocycles. The third-order valence-electron chi connectivity index (χ3n) is 4.98. The second-order valence-corrected chi connectivity index (χ2v) is 6.56. The molecule has 1 N–H and O–H groups in total. The third kappa shape index (κ3) is 2.30. The predicted molar refractivity (Wildman–Crippen MR) is 71.5 cm³/mol. The molecule has 0 radical (unpaired) electrons. The number of allylic oxidation sites excluding steroid dienone is 1. The number of fused-ring (bicyclic) bond motifs is 2. The molecule has 0 aliphatic heterocycles. The third-order valence-corrected chi connectivity index (χ3v) is 4.98. The molecule has 1 aromatic rings. The monoisotopic (exact) mass is 352 g/mol. The summed E-state index contributed by atoms with van der Waals surface area (Å²) in [7, 11) is 0. The normalized spacial score (nSPS) is 30.1. The second kappa shape index (κ2) is 5.15. The van der Waals surface area contributed by atoms with Crippen molar-refractivity contribution in [2.75, 3.05) is 0 Å². The van der Waals surface area contributed by atoms with E-state index in [2.05, 4.69) is 4.74 Å². The summed E-state index contributed by atoms with van der Waals surface area (Å²) in [4.78, 5) is 0. The van der Waals surface area contributed by atoms with Crippen molar-refractivity contribution in [2.24, 2.45) is 5.41 Å². The minimum atomic E-state index is -4.40. The number of aromatic hydroxyl groups is 1. The molecule has 0 aromatic heterocycles. The summed E-state index contributed by atoms with van der Waals surface area (Å²) in [6, 6.07) is 0.979. The van der Waals surface area contributed by atoms with Gasteiger partial charge in [-0.05, 0) is 37.8 Å². The molecule has 0 atom stereocenters. The number of hydrogen-bond donors (Lipinski definition) is 1. The van der Waals surface area contributed by atoms with Crippen molar-refractivity contribution in [3.63, 3.8) is 0 Å². The summed E-state index contributed by atoms with van der Waals surface area (Å²) in [5, 5.41) is 9.00. The quantitative estimate of drug-likeness (QED) is 0.756. The lowest BCUT2D eigenvalue weighted by Gasteiger charge is -2.49. The lowest BCUT2D eigenvalue weighted by atomic mass is 9.63. The van der Waals surface area contributed by atoms with Crippen molar-refractivity contribution < 1.29 is 36.2 Å². The molecule has 3 aliphatic carbocycles. The van der Waals surface area contributed by atoms with Crippen LogP contribution in [0.1, 0.15) is 38.2 Å². The zero-order valence-electron chi connectivity index (χ0n) is 12.6. The number of benzene rings is 1. The van der Waals surface area contributed by atoms with E-state index < -0.39 is 51.7 Å². The smallest absolute Gasteiger partial charge is 0.387 e. The van der Waals surface area contributed by atoms with E-state index in [9.17, 15) is 26.3 Å². The minimum absolute atomic E-state index is 0.106. The van der Waals surface area contributed by atoms with Crippen molar-refractivity contribution in [3.8, 4) is 5.75 Å². The van der Waals surface area contributed by atoms with Gasteiger partial charge < -0.3 is 9.84 Å². The van der Waals surface area contributed by atoms with Crippen LogP contribution < -0.4 is 0 Å². The molecule has 1 saturated carbocycles. The van der Waals surface area contributed by atoms with Crippen molar-refractivity contribution in [1.29, 1.82) is 0 Å². The Morgan fingerprint density at radius 3 is 2.12 bits per heavy atom. The van der Waals surface area contributed by atoms with Crippen LogP contribution in [-0.2, 0) is 10.8 Å². The van der Waals surface area contributed by atoms with Crippen molar-refractivity contribution in [1.82, 2.24) is 0 Å². The number of phenols is 1. The molecule has 132 valence electrons. The summed E-state index contributed by atoms with van der Waals surface area (Å²) in [6.07, 6.45) is -4.58. The van der Waals surface area contributed by atoms with Crippen LogP contribution >= 0.6 is 0 Å². The van der Waals surface area contributed by atoms with E-state index in [-0.39, 0.29) is 25.7 Å². The largest absolute Gasteiger partial charge is 0.505 e. The average Bonchev–Trinajstić information content (AvgIpc) is 2.51. The number of rotatable bonds is 3. The highest BCUT2D eigenvalue weighted by Gasteiger charge is 2.58. The van der Waals surface area contributed by atoms with Gasteiger partial charge in [-0.3, -0.25) is 0 Å². The van der Waals surface area contributed by atoms with Gasteiger partial charge in [0.2, 0.25) is 5.82 Å². The average molecular weight is 352 g/mol. The lowest BCUT2D eigenvalue weighted by Crippen LogP contribution is -2.50. The Labute approximate surface area is 133 Å². The van der Waals surface area contributed by atoms with Crippen molar-refractivity contribution in [2.45, 2.75) is 44.3 Å². The number of hydrogen-bond acceptors (Lipinski definition) is 2. The maximum Gasteiger partial charge on any atom is 0.387 e. The van der Waals surface area contributed by atoms with Gasteiger partial charge in [-0.25, -0.2) is 13.2 Å². The first-order valence-corrected chi connectivity index (χ1v) is 7.34. The first-order chi connectivity index (χ1) is 11.0. The van der Waals surface area contributed by atoms with Gasteiger partial charge >= 0.3 is 6.11 Å². The zero-order chi connectivity index (χ0) is 17.9. The Balaban J connectivity index is 2.00. The molecule has 4 rings (SSSR count). The molecule has 24 heavy (non-hydrogen) atoms. The van der Waals surface area contributed by atoms with Crippen LogP contribution in [0.15, 0.2) is 23.8 Å². The summed E-state index contributed by atoms with van der Waals surface area (Å²) in [5.74, 6) is -7.56. The maximum atomic E-state index is 14.3. The van der Waals surface area contributed by atoms with E-state index in [0.717, 1.165) is 0 Å². The van der Waals surface area contributed by atoms with Crippen molar-refractivity contribution in [3.05, 3.63) is 41.0 Å². The van der Waals surface area contributed by atoms with Crippen LogP contribution in [0, 0.1) is 17.0 Å². The van der Waals surface area contributed by atoms with Crippen LogP contribution in [0.25, 0.3) is 0 Å². The van der Waals surface area contributed by atoms with Crippen LogP contribution in [0.5, 0.6) is 5.75 Å². The van der Waals surface area contributed by atoms with E-state index in [0.29, 0.717) is 12.1 Å². The molecule has 1 fully saturated rings. The van der Waals surface area contributed by atoms with E-state index in [1.54, 1.807) is 0 Å². The Morgan fingerprint density at radius 1 is 0.958 bits per heavy atom. The molecule has 0 amide bonds. The van der Waals surface area contributed by atoms with Gasteiger partial charge in [0, 0.05) is 5.41 Å². The predicted octanol–water partition coefficient (Wildman–Crippen LogP) is 5.22. The van der Waals surface area contributed by atoms with Crippen LogP contribution in [0.4, 0.5) is 26.3 Å². The van der Waals surface area contributed by atoms with E-state index in [1.807, 2.05) is 0 Å². The summed E-state index contributed by atoms with van der Waals surface area (Å²) in [6.45, 7) is 1.50. The second-order valence-electron chi connectivity index (χ2n) is 6.56. The van der Waals surface area contributed by atoms with E-state index >= 15 is 0 Å². The fourth-order valence-corrected chi connectivity index (χ4v) is 3.32. The Bertz CT molecular complexity index is 720. The molecule has 3 aliphatic rings. The Hall–Kier alpha value is -1.70. The summed E-state index contributed by atoms with van der Waals surface area (Å²) >= 11 is 0. The zero-order valence-corrected chi connectivity index (χ0v) is 12.6. The number of halogens is 6. The number of alkyl halides is 2. The van der Waals surface area contributed by atoms with Gasteiger partial charge in [-0.1, -0.05) is 6.92 Å². The Kier molecular flexibility index (Phi) is 3.67. The molecule has 2 bridgehead atoms. The first kappa shape index (κ1) is 17.1. The molecule has 0 spiro atoms. The highest BCUT2D eigenvalue weighted by molar-refractivity contribution is 5.33. The van der Waals surface area contributed by atoms with Gasteiger partial charge in [0.25, 0.3) is 0 Å². The minimum Gasteiger partial charge on any atom is -0.505 e. The van der Waals surface area contributed by atoms with E-state index in [4.69, 9.17) is 5.11 Å². The van der Waals surface area contributed by atoms with Crippen LogP contribution in [0.3, 0.4) is 0 Å². The van der Waals surface area contributed by atoms with E-state index in [1.165, 1.54) is 6.92 Å². The fraction of sp³-hybridized carbons (Fsp3) is 0.500. The molecule has 1 aromatic carbocycles. The highest BCUT2D eigenvalue weighted by Crippen LogP contribution is 2.59. The number of phenolic OH excluding ortho intramolecular Hbond substituents is 1. The van der Waals surface area contributed by atoms with Crippen LogP contribution in [-0.4, -0.2) is 10.7 Å². The SMILES string of the molecule is CC12CCC(OC(F)(F)c3ccc(O)c(F)c3F)(CC1)C(F)=C2F. The first-order valence-electron chi connectivity index (χ1n) is 7.34. The summed E-state index contributed by atoms with van der Waals surface area (Å²) in [5.41, 5.74) is -4.73. The topological polar surface area (TPSA) is 29.5 Å². The standard InChI is InChI=1S/C16H14F6O2/c1-14-4-6-15(7-5-14,13(20)12(14)19)24-16(21,22)8-2-3-9(23)11(18)10(8)17/h2-3,23H,4-7H2,1H3. The van der Waals surface area contributed by atoms with Gasteiger partial charge in [-0.15, -0.1) is 0 Å². The van der Waals surface area contributed by atoms with Crippen molar-refractivity contribution >= 4 is 0 Å². The molecule has 8 heteroatoms. The maximum absolute atomic E-state index is 14.3. The summed E-state index contributed by atoms with van der Waals surface area (Å²) < 4.78 is 88.6. The molecular weight excluding hydrogens is 338 g/mol. The Morgan fingerprint density at radius 2 is 1.54 bits per heavy atom. The lowest BCUT2D eigenvalue weighted by molar-refractivity contribution is -0.313. The highest BCUT2D eigenvalue weighted by atomic mass is 19.3. The van der Waals surface area contributed by atoms with Crippen LogP contribution in [0.2, 0.25) is 0 Å². The van der Waals surface area contributed by atoms with Gasteiger partial charge in [0.1, 0.15) is 11.4 Å². The van der Waals surface area contributed by atoms with Gasteiger partial charge in [0.05, 0.1) is 5.56 Å². The molecular formula is C16H14F6O2.